The standard InChI is InChI=1S/C45H44Cl2N4O10S/c1-45(2,3)61-44(54)50-28-36(60-35-19-13-32(14-20-35)31-11-15-33(46)16-12-31)26-41(50)43(53)48-39(42(52)49-62(57,58)37-21-22-38(47)40(27-37)51(55)56)25-30-9-17-34(18-10-30)59-24-23-29-7-5-4-6-8-29/h4-22,27,36,39,41H,23-26,28H2,1-3H3,(H,48,53)(H,49,52)/t36-,39-,41-/m0/s1. The van der Waals surface area contributed by atoms with Gasteiger partial charge in [-0.25, -0.2) is 17.9 Å². The maximum atomic E-state index is 14.3. The van der Waals surface area contributed by atoms with E-state index in [1.807, 2.05) is 59.3 Å². The Bertz CT molecular complexity index is 2500. The van der Waals surface area contributed by atoms with Crippen molar-refractivity contribution in [2.75, 3.05) is 13.2 Å². The molecule has 5 aromatic rings. The summed E-state index contributed by atoms with van der Waals surface area (Å²) in [7, 11) is -4.72. The van der Waals surface area contributed by atoms with Crippen molar-refractivity contribution >= 4 is 56.8 Å². The van der Waals surface area contributed by atoms with Crippen LogP contribution in [0.25, 0.3) is 11.1 Å². The van der Waals surface area contributed by atoms with Crippen LogP contribution in [0, 0.1) is 10.1 Å². The van der Waals surface area contributed by atoms with Crippen LogP contribution in [0.15, 0.2) is 126 Å². The van der Waals surface area contributed by atoms with Crippen molar-refractivity contribution in [3.8, 4) is 22.6 Å². The molecule has 62 heavy (non-hydrogen) atoms. The third kappa shape index (κ3) is 12.2. The molecule has 1 heterocycles. The first-order chi connectivity index (χ1) is 29.4. The van der Waals surface area contributed by atoms with Crippen molar-refractivity contribution in [1.82, 2.24) is 14.9 Å². The minimum atomic E-state index is -4.72. The second-order valence-electron chi connectivity index (χ2n) is 15.5. The number of rotatable bonds is 15. The number of halogens is 2. The molecule has 17 heteroatoms. The monoisotopic (exact) mass is 902 g/mol. The molecule has 3 atom stereocenters. The van der Waals surface area contributed by atoms with Gasteiger partial charge < -0.3 is 19.5 Å². The number of carbonyl (C=O) groups is 3. The van der Waals surface area contributed by atoms with Gasteiger partial charge in [-0.05, 0) is 91.6 Å². The van der Waals surface area contributed by atoms with Gasteiger partial charge in [0.05, 0.1) is 23.0 Å². The molecule has 0 saturated carbocycles. The molecule has 0 bridgehead atoms. The molecule has 6 rings (SSSR count). The summed E-state index contributed by atoms with van der Waals surface area (Å²) in [6, 6.07) is 31.2. The van der Waals surface area contributed by atoms with Crippen molar-refractivity contribution < 1.29 is 41.9 Å². The maximum Gasteiger partial charge on any atom is 0.411 e. The van der Waals surface area contributed by atoms with Gasteiger partial charge in [-0.3, -0.25) is 24.6 Å². The SMILES string of the molecule is CC(C)(C)OC(=O)N1C[C@@H](Oc2ccc(-c3ccc(Cl)cc3)cc2)C[C@H]1C(=O)N[C@@H](Cc1ccc(OCCc2ccccc2)cc1)C(=O)NS(=O)(=O)c1ccc(Cl)c([N+](=O)[O-])c1. The smallest absolute Gasteiger partial charge is 0.411 e. The van der Waals surface area contributed by atoms with Gasteiger partial charge in [-0.2, -0.15) is 0 Å². The van der Waals surface area contributed by atoms with Crippen molar-refractivity contribution in [2.45, 2.75) is 68.7 Å². The molecule has 324 valence electrons. The number of carbonyl (C=O) groups excluding carboxylic acids is 3. The van der Waals surface area contributed by atoms with Crippen molar-refractivity contribution in [1.29, 1.82) is 0 Å². The summed E-state index contributed by atoms with van der Waals surface area (Å²) in [5, 5.41) is 14.5. The number of ether oxygens (including phenoxy) is 3. The van der Waals surface area contributed by atoms with Crippen LogP contribution in [0.2, 0.25) is 10.0 Å². The molecule has 1 saturated heterocycles. The Morgan fingerprint density at radius 2 is 1.48 bits per heavy atom. The summed E-state index contributed by atoms with van der Waals surface area (Å²) in [4.78, 5) is 53.1. The van der Waals surface area contributed by atoms with Gasteiger partial charge >= 0.3 is 6.09 Å². The fraction of sp³-hybridized carbons (Fsp3) is 0.267. The zero-order valence-electron chi connectivity index (χ0n) is 34.0. The molecule has 1 fully saturated rings. The lowest BCUT2D eigenvalue weighted by molar-refractivity contribution is -0.384. The van der Waals surface area contributed by atoms with Gasteiger partial charge in [0, 0.05) is 30.4 Å². The van der Waals surface area contributed by atoms with Crippen LogP contribution in [0.3, 0.4) is 0 Å². The van der Waals surface area contributed by atoms with Gasteiger partial charge in [0.25, 0.3) is 21.6 Å². The Labute approximate surface area is 369 Å². The first-order valence-electron chi connectivity index (χ1n) is 19.5. The highest BCUT2D eigenvalue weighted by molar-refractivity contribution is 7.90. The first kappa shape index (κ1) is 45.4. The van der Waals surface area contributed by atoms with Crippen molar-refractivity contribution in [2.24, 2.45) is 0 Å². The number of hydrogen-bond donors (Lipinski definition) is 2. The third-order valence-corrected chi connectivity index (χ3v) is 11.6. The van der Waals surface area contributed by atoms with Gasteiger partial charge in [0.2, 0.25) is 5.91 Å². The van der Waals surface area contributed by atoms with Gasteiger partial charge in [-0.1, -0.05) is 89.9 Å². The average molecular weight is 904 g/mol. The van der Waals surface area contributed by atoms with E-state index in [4.69, 9.17) is 37.4 Å². The van der Waals surface area contributed by atoms with E-state index in [2.05, 4.69) is 5.32 Å². The molecule has 3 amide bonds. The average Bonchev–Trinajstić information content (AvgIpc) is 3.65. The Morgan fingerprint density at radius 3 is 2.11 bits per heavy atom. The van der Waals surface area contributed by atoms with Gasteiger partial charge in [0.15, 0.2) is 0 Å². The molecule has 0 aliphatic carbocycles. The maximum absolute atomic E-state index is 14.3. The van der Waals surface area contributed by atoms with Gasteiger partial charge in [0.1, 0.15) is 40.3 Å². The van der Waals surface area contributed by atoms with Crippen LogP contribution in [0.4, 0.5) is 10.5 Å². The van der Waals surface area contributed by atoms with Crippen LogP contribution >= 0.6 is 23.2 Å². The highest BCUT2D eigenvalue weighted by Crippen LogP contribution is 2.30. The molecule has 5 aromatic carbocycles. The largest absolute Gasteiger partial charge is 0.493 e. The lowest BCUT2D eigenvalue weighted by Gasteiger charge is -2.28. The molecule has 0 spiro atoms. The predicted molar refractivity (Wildman–Crippen MR) is 234 cm³/mol. The van der Waals surface area contributed by atoms with E-state index in [-0.39, 0.29) is 24.4 Å². The van der Waals surface area contributed by atoms with E-state index in [1.54, 1.807) is 69.3 Å². The normalized spacial score (nSPS) is 15.6. The number of hydrogen-bond acceptors (Lipinski definition) is 10. The van der Waals surface area contributed by atoms with Crippen LogP contribution in [-0.4, -0.2) is 73.1 Å². The lowest BCUT2D eigenvalue weighted by Crippen LogP contribution is -2.55. The Hall–Kier alpha value is -6.16. The highest BCUT2D eigenvalue weighted by atomic mass is 35.5. The number of nitrogens with one attached hydrogen (secondary N) is 2. The fourth-order valence-corrected chi connectivity index (χ4v) is 7.99. The Balaban J connectivity index is 1.22. The van der Waals surface area contributed by atoms with Crippen LogP contribution in [0.1, 0.15) is 38.3 Å². The minimum absolute atomic E-state index is 0.000108. The summed E-state index contributed by atoms with van der Waals surface area (Å²) in [5.74, 6) is -0.892. The summed E-state index contributed by atoms with van der Waals surface area (Å²) < 4.78 is 46.7. The summed E-state index contributed by atoms with van der Waals surface area (Å²) in [6.07, 6.45) is -0.997. The molecule has 2 N–H and O–H groups in total. The molecule has 1 aliphatic heterocycles. The number of benzene rings is 5. The Morgan fingerprint density at radius 1 is 0.855 bits per heavy atom. The van der Waals surface area contributed by atoms with E-state index in [1.165, 1.54) is 4.90 Å². The van der Waals surface area contributed by atoms with Crippen molar-refractivity contribution in [3.05, 3.63) is 153 Å². The van der Waals surface area contributed by atoms with Crippen LogP contribution < -0.4 is 19.5 Å². The topological polar surface area (TPSA) is 183 Å². The molecule has 0 unspecified atom stereocenters. The minimum Gasteiger partial charge on any atom is -0.493 e. The number of nitro benzene ring substituents is 1. The quantitative estimate of drug-likeness (QED) is 0.0768. The molecular weight excluding hydrogens is 859 g/mol. The summed E-state index contributed by atoms with van der Waals surface area (Å²) >= 11 is 12.0. The van der Waals surface area contributed by atoms with E-state index < -0.39 is 67.2 Å². The zero-order chi connectivity index (χ0) is 44.6. The third-order valence-electron chi connectivity index (χ3n) is 9.69. The van der Waals surface area contributed by atoms with E-state index in [0.717, 1.165) is 34.9 Å². The molecule has 14 nitrogen and oxygen atoms in total. The van der Waals surface area contributed by atoms with Crippen molar-refractivity contribution in [3.63, 3.8) is 0 Å². The van der Waals surface area contributed by atoms with E-state index in [0.29, 0.717) is 35.1 Å². The summed E-state index contributed by atoms with van der Waals surface area (Å²) in [6.45, 7) is 5.41. The first-order valence-corrected chi connectivity index (χ1v) is 21.8. The fourth-order valence-electron chi connectivity index (χ4n) is 6.64. The number of amides is 3. The molecule has 0 radical (unpaired) electrons. The Kier molecular flexibility index (Phi) is 14.4. The summed E-state index contributed by atoms with van der Waals surface area (Å²) in [5.41, 5.74) is 1.89. The number of likely N-dealkylation sites (tertiary alicyclic amines) is 1. The number of nitrogens with zero attached hydrogens (tertiary/aromatic N) is 2. The van der Waals surface area contributed by atoms with Crippen LogP contribution in [-0.2, 0) is 37.2 Å². The second-order valence-corrected chi connectivity index (χ2v) is 18.0. The number of sulfonamides is 1. The predicted octanol–water partition coefficient (Wildman–Crippen LogP) is 8.18. The van der Waals surface area contributed by atoms with E-state index in [9.17, 15) is 32.9 Å². The highest BCUT2D eigenvalue weighted by Gasteiger charge is 2.44. The van der Waals surface area contributed by atoms with Gasteiger partial charge in [-0.15, -0.1) is 0 Å². The second kappa shape index (κ2) is 19.7. The van der Waals surface area contributed by atoms with E-state index >= 15 is 0 Å². The number of nitro groups is 1. The molecule has 0 aromatic heterocycles. The van der Waals surface area contributed by atoms with Crippen LogP contribution in [0.5, 0.6) is 11.5 Å². The molecule has 1 aliphatic rings. The molecular formula is C45H44Cl2N4O10S. The lowest BCUT2D eigenvalue weighted by atomic mass is 10.0. The zero-order valence-corrected chi connectivity index (χ0v) is 36.3.